The average Bonchev–Trinajstić information content (AvgIpc) is 3.22. The number of oxazole rings is 1. The summed E-state index contributed by atoms with van der Waals surface area (Å²) in [6.45, 7) is 0.427. The van der Waals surface area contributed by atoms with Crippen molar-refractivity contribution < 1.29 is 17.2 Å². The van der Waals surface area contributed by atoms with Crippen molar-refractivity contribution in [3.8, 4) is 11.5 Å². The van der Waals surface area contributed by atoms with Gasteiger partial charge in [-0.3, -0.25) is 0 Å². The standard InChI is InChI=1S/C23H19FN2O3S/c1-26(16-17-8-4-2-5-9-17)23-22(25-21(29-23)18-10-6-3-7-11-18)30(27,28)20-14-12-19(24)13-15-20/h2-15H,16H2,1H3. The molecule has 4 aromatic rings. The van der Waals surface area contributed by atoms with Crippen molar-refractivity contribution in [1.29, 1.82) is 0 Å². The molecule has 0 spiro atoms. The summed E-state index contributed by atoms with van der Waals surface area (Å²) in [7, 11) is -2.28. The first-order valence-corrected chi connectivity index (χ1v) is 10.8. The van der Waals surface area contributed by atoms with E-state index in [0.717, 1.165) is 17.7 Å². The number of sulfone groups is 1. The van der Waals surface area contributed by atoms with E-state index in [1.165, 1.54) is 12.1 Å². The second-order valence-corrected chi connectivity index (χ2v) is 8.66. The Hall–Kier alpha value is -3.45. The lowest BCUT2D eigenvalue weighted by Gasteiger charge is -2.17. The molecule has 5 nitrogen and oxygen atoms in total. The van der Waals surface area contributed by atoms with Crippen molar-refractivity contribution >= 4 is 15.7 Å². The molecule has 0 fully saturated rings. The summed E-state index contributed by atoms with van der Waals surface area (Å²) in [5, 5.41) is -0.202. The van der Waals surface area contributed by atoms with Crippen LogP contribution >= 0.6 is 0 Å². The molecule has 0 unspecified atom stereocenters. The Labute approximate surface area is 174 Å². The molecule has 0 amide bonds. The fourth-order valence-electron chi connectivity index (χ4n) is 3.07. The van der Waals surface area contributed by atoms with Crippen LogP contribution in [0.2, 0.25) is 0 Å². The van der Waals surface area contributed by atoms with Gasteiger partial charge in [0, 0.05) is 19.2 Å². The van der Waals surface area contributed by atoms with Crippen molar-refractivity contribution in [3.63, 3.8) is 0 Å². The molecule has 0 aliphatic carbocycles. The summed E-state index contributed by atoms with van der Waals surface area (Å²) in [6.07, 6.45) is 0. The van der Waals surface area contributed by atoms with Crippen molar-refractivity contribution in [1.82, 2.24) is 4.98 Å². The molecule has 0 atom stereocenters. The van der Waals surface area contributed by atoms with Crippen molar-refractivity contribution in [2.24, 2.45) is 0 Å². The summed E-state index contributed by atoms with van der Waals surface area (Å²) in [4.78, 5) is 5.97. The summed E-state index contributed by atoms with van der Waals surface area (Å²) < 4.78 is 45.8. The Morgan fingerprint density at radius 3 is 2.13 bits per heavy atom. The zero-order chi connectivity index (χ0) is 21.1. The highest BCUT2D eigenvalue weighted by atomic mass is 32.2. The zero-order valence-electron chi connectivity index (χ0n) is 16.2. The maximum absolute atomic E-state index is 13.3. The lowest BCUT2D eigenvalue weighted by molar-refractivity contribution is 0.554. The van der Waals surface area contributed by atoms with E-state index in [1.54, 1.807) is 24.1 Å². The fourth-order valence-corrected chi connectivity index (χ4v) is 4.42. The van der Waals surface area contributed by atoms with Crippen LogP contribution in [-0.4, -0.2) is 20.4 Å². The molecule has 1 aromatic heterocycles. The molecule has 152 valence electrons. The SMILES string of the molecule is CN(Cc1ccccc1)c1oc(-c2ccccc2)nc1S(=O)(=O)c1ccc(F)cc1. The molecule has 3 aromatic carbocycles. The number of rotatable bonds is 6. The lowest BCUT2D eigenvalue weighted by atomic mass is 10.2. The first kappa shape index (κ1) is 19.8. The third-order valence-corrected chi connectivity index (χ3v) is 6.26. The minimum Gasteiger partial charge on any atom is -0.419 e. The third kappa shape index (κ3) is 3.97. The molecular formula is C23H19FN2O3S. The summed E-state index contributed by atoms with van der Waals surface area (Å²) in [6, 6.07) is 23.4. The lowest BCUT2D eigenvalue weighted by Crippen LogP contribution is -2.18. The van der Waals surface area contributed by atoms with Crippen LogP contribution in [0.25, 0.3) is 11.5 Å². The fraction of sp³-hybridized carbons (Fsp3) is 0.0870. The molecule has 4 rings (SSSR count). The van der Waals surface area contributed by atoms with Gasteiger partial charge in [-0.25, -0.2) is 12.8 Å². The van der Waals surface area contributed by atoms with Crippen LogP contribution in [0.1, 0.15) is 5.56 Å². The number of aromatic nitrogens is 1. The predicted molar refractivity (Wildman–Crippen MR) is 112 cm³/mol. The topological polar surface area (TPSA) is 63.4 Å². The van der Waals surface area contributed by atoms with Crippen LogP contribution in [0, 0.1) is 5.82 Å². The Balaban J connectivity index is 1.81. The second-order valence-electron chi connectivity index (χ2n) is 6.79. The van der Waals surface area contributed by atoms with Crippen LogP contribution in [0.4, 0.5) is 10.3 Å². The number of halogens is 1. The van der Waals surface area contributed by atoms with Gasteiger partial charge in [0.2, 0.25) is 26.6 Å². The van der Waals surface area contributed by atoms with Gasteiger partial charge in [-0.15, -0.1) is 0 Å². The average molecular weight is 422 g/mol. The van der Waals surface area contributed by atoms with Gasteiger partial charge in [0.15, 0.2) is 0 Å². The number of nitrogens with zero attached hydrogens (tertiary/aromatic N) is 2. The van der Waals surface area contributed by atoms with Gasteiger partial charge in [0.1, 0.15) is 5.82 Å². The molecule has 30 heavy (non-hydrogen) atoms. The molecular weight excluding hydrogens is 403 g/mol. The van der Waals surface area contributed by atoms with E-state index in [4.69, 9.17) is 4.42 Å². The predicted octanol–water partition coefficient (Wildman–Crippen LogP) is 4.95. The van der Waals surface area contributed by atoms with Gasteiger partial charge in [0.05, 0.1) is 4.90 Å². The highest BCUT2D eigenvalue weighted by molar-refractivity contribution is 7.91. The highest BCUT2D eigenvalue weighted by Crippen LogP contribution is 2.34. The Morgan fingerprint density at radius 1 is 0.900 bits per heavy atom. The number of anilines is 1. The number of hydrogen-bond acceptors (Lipinski definition) is 5. The van der Waals surface area contributed by atoms with Crippen LogP contribution in [0.15, 0.2) is 99.3 Å². The van der Waals surface area contributed by atoms with E-state index in [1.807, 2.05) is 48.5 Å². The minimum absolute atomic E-state index is 0.0498. The van der Waals surface area contributed by atoms with E-state index in [9.17, 15) is 12.8 Å². The zero-order valence-corrected chi connectivity index (χ0v) is 17.0. The molecule has 0 N–H and O–H groups in total. The number of hydrogen-bond donors (Lipinski definition) is 0. The van der Waals surface area contributed by atoms with Crippen LogP contribution in [0.3, 0.4) is 0 Å². The van der Waals surface area contributed by atoms with Crippen molar-refractivity contribution in [2.75, 3.05) is 11.9 Å². The molecule has 0 saturated heterocycles. The first-order chi connectivity index (χ1) is 14.4. The van der Waals surface area contributed by atoms with Crippen LogP contribution in [0.5, 0.6) is 0 Å². The van der Waals surface area contributed by atoms with Gasteiger partial charge in [-0.1, -0.05) is 48.5 Å². The summed E-state index contributed by atoms with van der Waals surface area (Å²) >= 11 is 0. The van der Waals surface area contributed by atoms with E-state index in [2.05, 4.69) is 4.98 Å². The maximum atomic E-state index is 13.3. The molecule has 0 aliphatic heterocycles. The van der Waals surface area contributed by atoms with Gasteiger partial charge in [-0.2, -0.15) is 4.98 Å². The van der Waals surface area contributed by atoms with E-state index >= 15 is 0 Å². The van der Waals surface area contributed by atoms with Gasteiger partial charge < -0.3 is 9.32 Å². The first-order valence-electron chi connectivity index (χ1n) is 9.27. The van der Waals surface area contributed by atoms with Crippen molar-refractivity contribution in [3.05, 3.63) is 96.3 Å². The van der Waals surface area contributed by atoms with E-state index in [0.29, 0.717) is 12.1 Å². The molecule has 0 aliphatic rings. The van der Waals surface area contributed by atoms with E-state index in [-0.39, 0.29) is 21.7 Å². The quantitative estimate of drug-likeness (QED) is 0.412. The van der Waals surface area contributed by atoms with Gasteiger partial charge in [-0.05, 0) is 42.0 Å². The summed E-state index contributed by atoms with van der Waals surface area (Å²) in [5.41, 5.74) is 1.65. The van der Waals surface area contributed by atoms with Crippen molar-refractivity contribution in [2.45, 2.75) is 16.5 Å². The van der Waals surface area contributed by atoms with E-state index < -0.39 is 15.7 Å². The third-order valence-electron chi connectivity index (χ3n) is 4.59. The van der Waals surface area contributed by atoms with Crippen LogP contribution in [-0.2, 0) is 16.4 Å². The molecule has 0 radical (unpaired) electrons. The Morgan fingerprint density at radius 2 is 1.50 bits per heavy atom. The normalized spacial score (nSPS) is 11.4. The van der Waals surface area contributed by atoms with Crippen LogP contribution < -0.4 is 4.90 Å². The van der Waals surface area contributed by atoms with Gasteiger partial charge >= 0.3 is 0 Å². The minimum atomic E-state index is -4.02. The largest absolute Gasteiger partial charge is 0.419 e. The Kier molecular flexibility index (Phi) is 5.37. The molecule has 0 bridgehead atoms. The molecule has 7 heteroatoms. The molecule has 0 saturated carbocycles. The summed E-state index contributed by atoms with van der Waals surface area (Å²) in [5.74, 6) is -0.186. The highest BCUT2D eigenvalue weighted by Gasteiger charge is 2.30. The number of benzene rings is 3. The maximum Gasteiger partial charge on any atom is 0.236 e. The molecule has 1 heterocycles. The van der Waals surface area contributed by atoms with Gasteiger partial charge in [0.25, 0.3) is 0 Å². The smallest absolute Gasteiger partial charge is 0.236 e. The Bertz CT molecular complexity index is 1240. The monoisotopic (exact) mass is 422 g/mol. The second kappa shape index (κ2) is 8.12.